The Hall–Kier alpha value is -0.420. The van der Waals surface area contributed by atoms with E-state index >= 15 is 0 Å². The Bertz CT molecular complexity index is 518. The summed E-state index contributed by atoms with van der Waals surface area (Å²) in [6.07, 6.45) is -3.64. The van der Waals surface area contributed by atoms with Crippen molar-refractivity contribution in [3.63, 3.8) is 0 Å². The van der Waals surface area contributed by atoms with Crippen LogP contribution in [0.15, 0.2) is 24.3 Å². The van der Waals surface area contributed by atoms with Crippen molar-refractivity contribution in [3.8, 4) is 0 Å². The van der Waals surface area contributed by atoms with Gasteiger partial charge in [-0.25, -0.2) is 0 Å². The van der Waals surface area contributed by atoms with Crippen LogP contribution in [0.5, 0.6) is 0 Å². The quantitative estimate of drug-likeness (QED) is 0.225. The van der Waals surface area contributed by atoms with Crippen LogP contribution in [0, 0.1) is 0 Å². The lowest BCUT2D eigenvalue weighted by atomic mass is 10.1. The zero-order valence-corrected chi connectivity index (χ0v) is 15.9. The molecule has 2 rings (SSSR count). The van der Waals surface area contributed by atoms with Gasteiger partial charge in [0.25, 0.3) is 0 Å². The van der Waals surface area contributed by atoms with Crippen LogP contribution in [0.2, 0.25) is 0 Å². The summed E-state index contributed by atoms with van der Waals surface area (Å²) in [6.45, 7) is -0.445. The highest BCUT2D eigenvalue weighted by atomic mass is 35.5. The highest BCUT2D eigenvalue weighted by Crippen LogP contribution is 2.25. The Labute approximate surface area is 162 Å². The fraction of sp³-hybridized carbons (Fsp3) is 0.647. The second-order valence-electron chi connectivity index (χ2n) is 6.22. The zero-order valence-electron chi connectivity index (χ0n) is 14.3. The van der Waals surface area contributed by atoms with Crippen LogP contribution in [-0.4, -0.2) is 85.0 Å². The number of hydrogen-bond acceptors (Lipinski definition) is 7. The highest BCUT2D eigenvalue weighted by molar-refractivity contribution is 7.97. The summed E-state index contributed by atoms with van der Waals surface area (Å²) >= 11 is 0. The predicted molar refractivity (Wildman–Crippen MR) is 94.0 cm³/mol. The first-order valence-corrected chi connectivity index (χ1v) is 9.85. The van der Waals surface area contributed by atoms with Gasteiger partial charge in [-0.3, -0.25) is 0 Å². The monoisotopic (exact) mass is 410 g/mol. The van der Waals surface area contributed by atoms with Gasteiger partial charge in [0.2, 0.25) is 0 Å². The SMILES string of the molecule is OCc1ccc(CO[C@@H](CO)C(O)C[S+]2C[C@@H](O)[C@H](O)[C@H]2CO)cc1.[Cl-]. The first kappa shape index (κ1) is 23.6. The maximum Gasteiger partial charge on any atom is 0.169 e. The molecule has 0 saturated carbocycles. The molecule has 1 heterocycles. The predicted octanol–water partition coefficient (Wildman–Crippen LogP) is -4.86. The molecule has 9 heteroatoms. The van der Waals surface area contributed by atoms with E-state index < -0.39 is 40.6 Å². The van der Waals surface area contributed by atoms with Crippen molar-refractivity contribution in [2.75, 3.05) is 24.7 Å². The molecule has 1 fully saturated rings. The molecule has 0 amide bonds. The molecule has 0 spiro atoms. The first-order chi connectivity index (χ1) is 12.0. The van der Waals surface area contributed by atoms with E-state index in [1.165, 1.54) is 0 Å². The van der Waals surface area contributed by atoms with Crippen molar-refractivity contribution < 1.29 is 47.8 Å². The molecule has 0 bridgehead atoms. The van der Waals surface area contributed by atoms with Crippen LogP contribution in [0.25, 0.3) is 0 Å². The summed E-state index contributed by atoms with van der Waals surface area (Å²) in [7, 11) is -0.549. The van der Waals surface area contributed by atoms with E-state index in [1.807, 2.05) is 0 Å². The molecule has 1 aromatic carbocycles. The van der Waals surface area contributed by atoms with Crippen LogP contribution < -0.4 is 12.4 Å². The van der Waals surface area contributed by atoms with Gasteiger partial charge in [0.05, 0.1) is 26.4 Å². The van der Waals surface area contributed by atoms with Gasteiger partial charge in [-0.15, -0.1) is 0 Å². The molecular weight excluding hydrogens is 384 g/mol. The lowest BCUT2D eigenvalue weighted by Crippen LogP contribution is -3.00. The lowest BCUT2D eigenvalue weighted by molar-refractivity contribution is -0.0623. The van der Waals surface area contributed by atoms with Crippen LogP contribution >= 0.6 is 0 Å². The van der Waals surface area contributed by atoms with E-state index in [4.69, 9.17) is 9.84 Å². The largest absolute Gasteiger partial charge is 1.00 e. The third kappa shape index (κ3) is 6.05. The molecule has 1 aromatic rings. The normalized spacial score (nSPS) is 27.8. The van der Waals surface area contributed by atoms with Gasteiger partial charge in [-0.2, -0.15) is 0 Å². The summed E-state index contributed by atoms with van der Waals surface area (Å²) in [6, 6.07) is 7.16. The number of ether oxygens (including phenoxy) is 1. The summed E-state index contributed by atoms with van der Waals surface area (Å²) in [5.41, 5.74) is 1.64. The van der Waals surface area contributed by atoms with Gasteiger partial charge in [0, 0.05) is 10.9 Å². The Kier molecular flexibility index (Phi) is 10.4. The van der Waals surface area contributed by atoms with Crippen LogP contribution in [-0.2, 0) is 28.8 Å². The molecule has 7 nitrogen and oxygen atoms in total. The molecule has 0 radical (unpaired) electrons. The zero-order chi connectivity index (χ0) is 18.4. The minimum absolute atomic E-state index is 0. The van der Waals surface area contributed by atoms with E-state index in [-0.39, 0.29) is 44.6 Å². The van der Waals surface area contributed by atoms with E-state index in [1.54, 1.807) is 24.3 Å². The lowest BCUT2D eigenvalue weighted by Gasteiger charge is -2.22. The molecule has 1 saturated heterocycles. The van der Waals surface area contributed by atoms with E-state index in [0.29, 0.717) is 5.75 Å². The van der Waals surface area contributed by atoms with Crippen molar-refractivity contribution in [3.05, 3.63) is 35.4 Å². The minimum atomic E-state index is -0.987. The third-order valence-corrected chi connectivity index (χ3v) is 7.26. The molecule has 1 aliphatic rings. The van der Waals surface area contributed by atoms with Gasteiger partial charge in [0.15, 0.2) is 5.25 Å². The van der Waals surface area contributed by atoms with Crippen molar-refractivity contribution in [2.45, 2.75) is 42.9 Å². The van der Waals surface area contributed by atoms with Crippen LogP contribution in [0.4, 0.5) is 0 Å². The minimum Gasteiger partial charge on any atom is -1.00 e. The third-order valence-electron chi connectivity index (χ3n) is 4.43. The second kappa shape index (κ2) is 11.4. The number of hydrogen-bond donors (Lipinski definition) is 6. The Morgan fingerprint density at radius 3 is 2.23 bits per heavy atom. The summed E-state index contributed by atoms with van der Waals surface area (Å²) in [5.74, 6) is 0.568. The average Bonchev–Trinajstić information content (AvgIpc) is 2.89. The Balaban J connectivity index is 0.00000338. The Morgan fingerprint density at radius 2 is 1.69 bits per heavy atom. The van der Waals surface area contributed by atoms with Gasteiger partial charge < -0.3 is 47.8 Å². The van der Waals surface area contributed by atoms with Crippen molar-refractivity contribution in [1.82, 2.24) is 0 Å². The fourth-order valence-electron chi connectivity index (χ4n) is 2.85. The Morgan fingerprint density at radius 1 is 1.08 bits per heavy atom. The van der Waals surface area contributed by atoms with Crippen molar-refractivity contribution in [1.29, 1.82) is 0 Å². The van der Waals surface area contributed by atoms with E-state index in [0.717, 1.165) is 11.1 Å². The number of rotatable bonds is 9. The van der Waals surface area contributed by atoms with Crippen LogP contribution in [0.1, 0.15) is 11.1 Å². The van der Waals surface area contributed by atoms with Crippen LogP contribution in [0.3, 0.4) is 0 Å². The smallest absolute Gasteiger partial charge is 0.169 e. The summed E-state index contributed by atoms with van der Waals surface area (Å²) in [5, 5.41) is 57.4. The molecular formula is C17H27ClO7S. The van der Waals surface area contributed by atoms with Gasteiger partial charge in [-0.1, -0.05) is 24.3 Å². The fourth-order valence-corrected chi connectivity index (χ4v) is 5.55. The first-order valence-electron chi connectivity index (χ1n) is 8.22. The maximum absolute atomic E-state index is 10.4. The van der Waals surface area contributed by atoms with Gasteiger partial charge in [0.1, 0.15) is 35.9 Å². The maximum atomic E-state index is 10.4. The summed E-state index contributed by atoms with van der Waals surface area (Å²) < 4.78 is 5.60. The number of aliphatic hydroxyl groups is 6. The van der Waals surface area contributed by atoms with Gasteiger partial charge >= 0.3 is 0 Å². The standard InChI is InChI=1S/C17H27O7S.ClH/c18-5-11-1-3-12(4-2-11)8-24-15(6-19)13(21)9-25-10-14(22)17(23)16(25)7-20;/h1-4,13-23H,5-10H2;1H/q+1;/p-1/t13?,14-,15+,16-,17+,25?;/m1./s1. The second-order valence-corrected chi connectivity index (χ2v) is 8.57. The van der Waals surface area contributed by atoms with E-state index in [9.17, 15) is 25.5 Å². The number of benzene rings is 1. The number of halogens is 1. The number of aliphatic hydroxyl groups excluding tert-OH is 6. The molecule has 150 valence electrons. The highest BCUT2D eigenvalue weighted by Gasteiger charge is 2.50. The van der Waals surface area contributed by atoms with Crippen molar-refractivity contribution >= 4 is 10.9 Å². The molecule has 6 N–H and O–H groups in total. The summed E-state index contributed by atoms with van der Waals surface area (Å²) in [4.78, 5) is 0. The molecule has 1 aliphatic heterocycles. The van der Waals surface area contributed by atoms with E-state index in [2.05, 4.69) is 0 Å². The molecule has 0 aliphatic carbocycles. The average molecular weight is 411 g/mol. The molecule has 6 atom stereocenters. The molecule has 0 aromatic heterocycles. The molecule has 26 heavy (non-hydrogen) atoms. The molecule has 2 unspecified atom stereocenters. The van der Waals surface area contributed by atoms with Gasteiger partial charge in [-0.05, 0) is 11.1 Å². The van der Waals surface area contributed by atoms with Crippen molar-refractivity contribution in [2.24, 2.45) is 0 Å². The topological polar surface area (TPSA) is 131 Å².